The van der Waals surface area contributed by atoms with Crippen molar-refractivity contribution in [1.82, 2.24) is 13.9 Å². The van der Waals surface area contributed by atoms with Crippen LogP contribution in [0, 0.1) is 0 Å². The Hall–Kier alpha value is -0.540. The van der Waals surface area contributed by atoms with E-state index in [9.17, 15) is 0 Å². The summed E-state index contributed by atoms with van der Waals surface area (Å²) in [5.41, 5.74) is 1.77. The van der Waals surface area contributed by atoms with Crippen molar-refractivity contribution in [2.75, 3.05) is 0 Å². The maximum Gasteiger partial charge on any atom is 0.179 e. The summed E-state index contributed by atoms with van der Waals surface area (Å²) in [6, 6.07) is 3.86. The van der Waals surface area contributed by atoms with E-state index in [1.165, 1.54) is 20.9 Å². The van der Waals surface area contributed by atoms with E-state index in [1.54, 1.807) is 12.5 Å². The second-order valence-electron chi connectivity index (χ2n) is 3.68. The summed E-state index contributed by atoms with van der Waals surface area (Å²) in [5.74, 6) is 0. The third kappa shape index (κ3) is 2.89. The van der Waals surface area contributed by atoms with Crippen LogP contribution in [-0.4, -0.2) is 13.9 Å². The number of hydrogen-bond acceptors (Lipinski definition) is 5. The molecule has 0 amide bonds. The molecule has 9 heteroatoms. The Balaban J connectivity index is 2.12. The van der Waals surface area contributed by atoms with Gasteiger partial charge in [0.05, 0.1) is 17.7 Å². The first kappa shape index (κ1) is 14.4. The highest BCUT2D eigenvalue weighted by Crippen LogP contribution is 2.33. The Morgan fingerprint density at radius 3 is 2.55 bits per heavy atom. The predicted molar refractivity (Wildman–Crippen MR) is 89.2 cm³/mol. The SMILES string of the molecule is Clc1nssc1=Nc1cc(Br)c(-n2ccnc2)c(Br)c1. The fraction of sp³-hybridized carbons (Fsp3) is 0. The highest BCUT2D eigenvalue weighted by molar-refractivity contribution is 9.11. The number of rotatable bonds is 2. The molecule has 0 aliphatic heterocycles. The number of halogens is 3. The van der Waals surface area contributed by atoms with Gasteiger partial charge in [-0.25, -0.2) is 9.98 Å². The molecule has 0 aliphatic rings. The molecule has 0 aliphatic carbocycles. The van der Waals surface area contributed by atoms with Gasteiger partial charge in [0.15, 0.2) is 9.82 Å². The Kier molecular flexibility index (Phi) is 4.37. The summed E-state index contributed by atoms with van der Waals surface area (Å²) < 4.78 is 8.46. The molecule has 0 unspecified atom stereocenters. The van der Waals surface area contributed by atoms with E-state index in [0.29, 0.717) is 9.82 Å². The summed E-state index contributed by atoms with van der Waals surface area (Å²) in [4.78, 5) is 8.55. The first-order chi connectivity index (χ1) is 9.65. The highest BCUT2D eigenvalue weighted by Gasteiger charge is 2.09. The molecule has 4 nitrogen and oxygen atoms in total. The molecule has 0 spiro atoms. The monoisotopic (exact) mass is 450 g/mol. The quantitative estimate of drug-likeness (QED) is 0.524. The van der Waals surface area contributed by atoms with Crippen LogP contribution in [0.1, 0.15) is 0 Å². The zero-order valence-electron chi connectivity index (χ0n) is 9.63. The molecular formula is C11H5Br2ClN4S2. The van der Waals surface area contributed by atoms with Gasteiger partial charge in [0.2, 0.25) is 0 Å². The molecule has 3 rings (SSSR count). The molecule has 1 aromatic carbocycles. The van der Waals surface area contributed by atoms with Crippen LogP contribution < -0.4 is 4.67 Å². The van der Waals surface area contributed by atoms with Crippen molar-refractivity contribution in [2.24, 2.45) is 4.99 Å². The van der Waals surface area contributed by atoms with Crippen molar-refractivity contribution in [1.29, 1.82) is 0 Å². The standard InChI is InChI=1S/C11H5Br2ClN4S2/c12-7-3-6(16-11-10(14)17-20-19-11)4-8(13)9(7)18-2-1-15-5-18/h1-5H. The van der Waals surface area contributed by atoms with Gasteiger partial charge in [-0.1, -0.05) is 11.6 Å². The van der Waals surface area contributed by atoms with Crippen LogP contribution in [-0.2, 0) is 0 Å². The normalized spacial score (nSPS) is 12.1. The Labute approximate surface area is 143 Å². The highest BCUT2D eigenvalue weighted by atomic mass is 79.9. The zero-order valence-corrected chi connectivity index (χ0v) is 15.2. The lowest BCUT2D eigenvalue weighted by atomic mass is 10.3. The molecule has 2 aromatic heterocycles. The summed E-state index contributed by atoms with van der Waals surface area (Å²) >= 11 is 13.1. The molecule has 0 saturated heterocycles. The molecule has 0 fully saturated rings. The van der Waals surface area contributed by atoms with Crippen LogP contribution in [0.4, 0.5) is 5.69 Å². The van der Waals surface area contributed by atoms with Crippen molar-refractivity contribution < 1.29 is 0 Å². The minimum Gasteiger partial charge on any atom is -0.304 e. The van der Waals surface area contributed by atoms with Gasteiger partial charge in [-0.05, 0) is 54.3 Å². The Morgan fingerprint density at radius 1 is 1.25 bits per heavy atom. The first-order valence-corrected chi connectivity index (χ1v) is 9.36. The van der Waals surface area contributed by atoms with Crippen molar-refractivity contribution in [3.05, 3.63) is 49.6 Å². The topological polar surface area (TPSA) is 43.1 Å². The lowest BCUT2D eigenvalue weighted by Gasteiger charge is -2.09. The van der Waals surface area contributed by atoms with E-state index in [-0.39, 0.29) is 0 Å². The average Bonchev–Trinajstić information content (AvgIpc) is 3.02. The maximum atomic E-state index is 5.96. The van der Waals surface area contributed by atoms with Gasteiger partial charge >= 0.3 is 0 Å². The molecule has 3 aromatic rings. The third-order valence-electron chi connectivity index (χ3n) is 2.40. The number of hydrogen-bond donors (Lipinski definition) is 0. The Bertz CT molecular complexity index is 787. The van der Waals surface area contributed by atoms with Crippen LogP contribution in [0.25, 0.3) is 5.69 Å². The molecule has 20 heavy (non-hydrogen) atoms. The number of aromatic nitrogens is 3. The molecule has 0 atom stereocenters. The van der Waals surface area contributed by atoms with E-state index in [0.717, 1.165) is 20.3 Å². The number of imidazole rings is 1. The van der Waals surface area contributed by atoms with Crippen LogP contribution in [0.2, 0.25) is 5.15 Å². The minimum absolute atomic E-state index is 0.436. The Morgan fingerprint density at radius 2 is 2.00 bits per heavy atom. The third-order valence-corrected chi connectivity index (χ3v) is 5.78. The summed E-state index contributed by atoms with van der Waals surface area (Å²) in [5, 5.41) is 0.436. The van der Waals surface area contributed by atoms with Crippen LogP contribution >= 0.6 is 64.3 Å². The van der Waals surface area contributed by atoms with E-state index in [1.807, 2.05) is 22.9 Å². The molecular weight excluding hydrogens is 448 g/mol. The smallest absolute Gasteiger partial charge is 0.179 e. The number of benzene rings is 1. The zero-order chi connectivity index (χ0) is 14.1. The molecule has 2 heterocycles. The summed E-state index contributed by atoms with van der Waals surface area (Å²) in [6.07, 6.45) is 5.35. The van der Waals surface area contributed by atoms with Gasteiger partial charge in [0.25, 0.3) is 0 Å². The minimum atomic E-state index is 0.436. The average molecular weight is 453 g/mol. The van der Waals surface area contributed by atoms with Gasteiger partial charge in [-0.15, -0.1) is 0 Å². The van der Waals surface area contributed by atoms with Crippen LogP contribution in [0.5, 0.6) is 0 Å². The molecule has 0 saturated carbocycles. The summed E-state index contributed by atoms with van der Waals surface area (Å²) in [7, 11) is 2.77. The van der Waals surface area contributed by atoms with Crippen molar-refractivity contribution in [2.45, 2.75) is 0 Å². The maximum absolute atomic E-state index is 5.96. The molecule has 0 radical (unpaired) electrons. The van der Waals surface area contributed by atoms with E-state index in [4.69, 9.17) is 11.6 Å². The van der Waals surface area contributed by atoms with E-state index < -0.39 is 0 Å². The van der Waals surface area contributed by atoms with Gasteiger partial charge in [-0.2, -0.15) is 4.37 Å². The largest absolute Gasteiger partial charge is 0.304 e. The van der Waals surface area contributed by atoms with E-state index in [2.05, 4.69) is 46.2 Å². The molecule has 0 N–H and O–H groups in total. The second-order valence-corrected chi connectivity index (χ2v) is 7.58. The fourth-order valence-electron chi connectivity index (χ4n) is 1.60. The van der Waals surface area contributed by atoms with Crippen molar-refractivity contribution in [3.63, 3.8) is 0 Å². The van der Waals surface area contributed by atoms with Crippen LogP contribution in [0.15, 0.2) is 44.8 Å². The first-order valence-electron chi connectivity index (χ1n) is 5.29. The molecule has 102 valence electrons. The second kappa shape index (κ2) is 6.07. The van der Waals surface area contributed by atoms with Gasteiger partial charge in [0, 0.05) is 31.9 Å². The lowest BCUT2D eigenvalue weighted by molar-refractivity contribution is 1.04. The molecule has 0 bridgehead atoms. The van der Waals surface area contributed by atoms with Gasteiger partial charge in [-0.3, -0.25) is 0 Å². The van der Waals surface area contributed by atoms with E-state index >= 15 is 0 Å². The van der Waals surface area contributed by atoms with Gasteiger partial charge < -0.3 is 4.57 Å². The number of nitrogens with zero attached hydrogens (tertiary/aromatic N) is 4. The van der Waals surface area contributed by atoms with Crippen molar-refractivity contribution >= 4 is 70.0 Å². The summed E-state index contributed by atoms with van der Waals surface area (Å²) in [6.45, 7) is 0. The predicted octanol–water partition coefficient (Wildman–Crippen LogP) is 4.80. The fourth-order valence-corrected chi connectivity index (χ4v) is 5.16. The van der Waals surface area contributed by atoms with Crippen molar-refractivity contribution in [3.8, 4) is 5.69 Å². The van der Waals surface area contributed by atoms with Crippen LogP contribution in [0.3, 0.4) is 0 Å². The lowest BCUT2D eigenvalue weighted by Crippen LogP contribution is -1.95. The van der Waals surface area contributed by atoms with Gasteiger partial charge in [0.1, 0.15) is 0 Å².